The van der Waals surface area contributed by atoms with E-state index in [9.17, 15) is 13.8 Å². The second-order valence-corrected chi connectivity index (χ2v) is 6.80. The number of hydrogen-bond acceptors (Lipinski definition) is 4. The molecule has 3 aromatic rings. The summed E-state index contributed by atoms with van der Waals surface area (Å²) in [6.07, 6.45) is 1.56. The summed E-state index contributed by atoms with van der Waals surface area (Å²) in [7, 11) is -1.11. The number of carbonyl (C=O) groups excluding carboxylic acids is 2. The topological polar surface area (TPSA) is 104 Å². The Bertz CT molecular complexity index is 952. The van der Waals surface area contributed by atoms with E-state index in [1.54, 1.807) is 36.6 Å². The maximum Gasteiger partial charge on any atom is 0.287 e. The van der Waals surface area contributed by atoms with Gasteiger partial charge < -0.3 is 0 Å². The van der Waals surface area contributed by atoms with Gasteiger partial charge in [0.2, 0.25) is 0 Å². The van der Waals surface area contributed by atoms with Crippen LogP contribution in [-0.2, 0) is 10.8 Å². The zero-order chi connectivity index (χ0) is 18.5. The number of nitrogens with zero attached hydrogens (tertiary/aromatic N) is 1. The number of hydrazine groups is 1. The van der Waals surface area contributed by atoms with E-state index in [0.717, 1.165) is 5.56 Å². The molecule has 0 saturated carbocycles. The summed E-state index contributed by atoms with van der Waals surface area (Å²) in [5, 5.41) is 6.73. The van der Waals surface area contributed by atoms with Crippen molar-refractivity contribution >= 4 is 22.6 Å². The highest BCUT2D eigenvalue weighted by Gasteiger charge is 2.13. The van der Waals surface area contributed by atoms with Crippen LogP contribution in [0.15, 0.2) is 65.6 Å². The van der Waals surface area contributed by atoms with E-state index in [-0.39, 0.29) is 5.69 Å². The van der Waals surface area contributed by atoms with Crippen LogP contribution in [0, 0.1) is 0 Å². The molecule has 26 heavy (non-hydrogen) atoms. The number of hydrogen-bond donors (Lipinski definition) is 3. The van der Waals surface area contributed by atoms with Gasteiger partial charge in [0.1, 0.15) is 5.69 Å². The normalized spacial score (nSPS) is 11.6. The molecule has 132 valence electrons. The Morgan fingerprint density at radius 1 is 0.962 bits per heavy atom. The van der Waals surface area contributed by atoms with Crippen LogP contribution in [0.2, 0.25) is 0 Å². The largest absolute Gasteiger partial charge is 0.287 e. The van der Waals surface area contributed by atoms with Gasteiger partial charge in [-0.2, -0.15) is 5.10 Å². The Balaban J connectivity index is 1.61. The summed E-state index contributed by atoms with van der Waals surface area (Å²) < 4.78 is 11.3. The summed E-state index contributed by atoms with van der Waals surface area (Å²) in [6, 6.07) is 17.3. The molecule has 1 atom stereocenters. The lowest BCUT2D eigenvalue weighted by molar-refractivity contribution is 0.0844. The molecule has 8 heteroatoms. The van der Waals surface area contributed by atoms with Crippen molar-refractivity contribution in [3.63, 3.8) is 0 Å². The van der Waals surface area contributed by atoms with E-state index in [1.165, 1.54) is 0 Å². The Morgan fingerprint density at radius 3 is 2.27 bits per heavy atom. The lowest BCUT2D eigenvalue weighted by atomic mass is 10.1. The van der Waals surface area contributed by atoms with Crippen molar-refractivity contribution in [2.75, 3.05) is 6.26 Å². The summed E-state index contributed by atoms with van der Waals surface area (Å²) in [4.78, 5) is 24.8. The number of benzene rings is 2. The van der Waals surface area contributed by atoms with Gasteiger partial charge in [-0.3, -0.25) is 29.7 Å². The fraction of sp³-hybridized carbons (Fsp3) is 0.0556. The summed E-state index contributed by atoms with van der Waals surface area (Å²) in [5.74, 6) is -0.992. The van der Waals surface area contributed by atoms with Gasteiger partial charge in [-0.15, -0.1) is 0 Å². The van der Waals surface area contributed by atoms with Crippen molar-refractivity contribution < 1.29 is 13.8 Å². The molecule has 0 aliphatic carbocycles. The van der Waals surface area contributed by atoms with Gasteiger partial charge in [0, 0.05) is 33.1 Å². The van der Waals surface area contributed by atoms with Gasteiger partial charge >= 0.3 is 0 Å². The molecule has 3 N–H and O–H groups in total. The van der Waals surface area contributed by atoms with Crippen LogP contribution in [-0.4, -0.2) is 32.5 Å². The standard InChI is InChI=1S/C18H16N4O3S/c1-26(25)14-9-7-13(8-10-14)17(23)21-22-18(24)16-11-15(19-20-16)12-5-3-2-4-6-12/h2-11H,1H3,(H,19,20)(H,21,23)(H,22,24). The smallest absolute Gasteiger partial charge is 0.272 e. The first-order valence-electron chi connectivity index (χ1n) is 7.69. The Kier molecular flexibility index (Phi) is 5.23. The molecule has 1 aromatic heterocycles. The molecule has 2 amide bonds. The first-order valence-corrected chi connectivity index (χ1v) is 9.25. The lowest BCUT2D eigenvalue weighted by Gasteiger charge is -2.06. The van der Waals surface area contributed by atoms with Crippen LogP contribution >= 0.6 is 0 Å². The van der Waals surface area contributed by atoms with Crippen molar-refractivity contribution in [1.29, 1.82) is 0 Å². The SMILES string of the molecule is CS(=O)c1ccc(C(=O)NNC(=O)c2cc(-c3ccccc3)n[nH]2)cc1. The zero-order valence-corrected chi connectivity index (χ0v) is 14.7. The van der Waals surface area contributed by atoms with Crippen LogP contribution in [0.4, 0.5) is 0 Å². The number of nitrogens with one attached hydrogen (secondary N) is 3. The predicted octanol–water partition coefficient (Wildman–Crippen LogP) is 1.89. The van der Waals surface area contributed by atoms with Gasteiger partial charge in [0.15, 0.2) is 0 Å². The first-order chi connectivity index (χ1) is 12.5. The van der Waals surface area contributed by atoms with Crippen LogP contribution < -0.4 is 10.9 Å². The van der Waals surface area contributed by atoms with Crippen molar-refractivity contribution in [1.82, 2.24) is 21.0 Å². The highest BCUT2D eigenvalue weighted by atomic mass is 32.2. The lowest BCUT2D eigenvalue weighted by Crippen LogP contribution is -2.41. The second kappa shape index (κ2) is 7.75. The van der Waals surface area contributed by atoms with Gasteiger partial charge in [-0.05, 0) is 30.3 Å². The number of rotatable bonds is 4. The molecule has 1 heterocycles. The van der Waals surface area contributed by atoms with E-state index in [1.807, 2.05) is 30.3 Å². The van der Waals surface area contributed by atoms with E-state index < -0.39 is 22.6 Å². The number of aromatic amines is 1. The van der Waals surface area contributed by atoms with Gasteiger partial charge in [-0.1, -0.05) is 30.3 Å². The minimum Gasteiger partial charge on any atom is -0.272 e. The minimum absolute atomic E-state index is 0.223. The van der Waals surface area contributed by atoms with E-state index in [2.05, 4.69) is 21.0 Å². The Morgan fingerprint density at radius 2 is 1.62 bits per heavy atom. The molecule has 2 aromatic carbocycles. The Labute approximate surface area is 152 Å². The predicted molar refractivity (Wildman–Crippen MR) is 97.7 cm³/mol. The van der Waals surface area contributed by atoms with Crippen LogP contribution in [0.5, 0.6) is 0 Å². The van der Waals surface area contributed by atoms with Crippen molar-refractivity contribution in [3.8, 4) is 11.3 Å². The number of H-pyrrole nitrogens is 1. The molecular formula is C18H16N4O3S. The molecule has 0 aliphatic heterocycles. The quantitative estimate of drug-likeness (QED) is 0.612. The van der Waals surface area contributed by atoms with Crippen molar-refractivity contribution in [3.05, 3.63) is 71.9 Å². The molecular weight excluding hydrogens is 352 g/mol. The maximum atomic E-state index is 12.1. The fourth-order valence-corrected chi connectivity index (χ4v) is 2.77. The average Bonchev–Trinajstić information content (AvgIpc) is 3.17. The number of amides is 2. The molecule has 1 unspecified atom stereocenters. The maximum absolute atomic E-state index is 12.1. The van der Waals surface area contributed by atoms with Gasteiger partial charge in [-0.25, -0.2) is 0 Å². The van der Waals surface area contributed by atoms with E-state index in [4.69, 9.17) is 0 Å². The van der Waals surface area contributed by atoms with Gasteiger partial charge in [0.05, 0.1) is 5.69 Å². The third-order valence-corrected chi connectivity index (χ3v) is 4.57. The molecule has 0 saturated heterocycles. The molecule has 7 nitrogen and oxygen atoms in total. The van der Waals surface area contributed by atoms with Crippen LogP contribution in [0.1, 0.15) is 20.8 Å². The number of carbonyl (C=O) groups is 2. The molecule has 0 fully saturated rings. The van der Waals surface area contributed by atoms with Crippen LogP contribution in [0.3, 0.4) is 0 Å². The summed E-state index contributed by atoms with van der Waals surface area (Å²) in [6.45, 7) is 0. The average molecular weight is 368 g/mol. The highest BCUT2D eigenvalue weighted by molar-refractivity contribution is 7.84. The van der Waals surface area contributed by atoms with Crippen molar-refractivity contribution in [2.24, 2.45) is 0 Å². The van der Waals surface area contributed by atoms with Crippen molar-refractivity contribution in [2.45, 2.75) is 4.90 Å². The van der Waals surface area contributed by atoms with Gasteiger partial charge in [0.25, 0.3) is 11.8 Å². The first kappa shape index (κ1) is 17.6. The van der Waals surface area contributed by atoms with E-state index >= 15 is 0 Å². The third-order valence-electron chi connectivity index (χ3n) is 3.63. The number of aromatic nitrogens is 2. The molecule has 0 spiro atoms. The molecule has 0 radical (unpaired) electrons. The molecule has 3 rings (SSSR count). The summed E-state index contributed by atoms with van der Waals surface area (Å²) >= 11 is 0. The Hall–Kier alpha value is -3.26. The zero-order valence-electron chi connectivity index (χ0n) is 13.9. The highest BCUT2D eigenvalue weighted by Crippen LogP contribution is 2.16. The second-order valence-electron chi connectivity index (χ2n) is 5.42. The van der Waals surface area contributed by atoms with E-state index in [0.29, 0.717) is 16.2 Å². The fourth-order valence-electron chi connectivity index (χ4n) is 2.25. The third kappa shape index (κ3) is 4.04. The van der Waals surface area contributed by atoms with Crippen LogP contribution in [0.25, 0.3) is 11.3 Å². The molecule has 0 aliphatic rings. The monoisotopic (exact) mass is 368 g/mol. The molecule has 0 bridgehead atoms. The minimum atomic E-state index is -1.11. The summed E-state index contributed by atoms with van der Waals surface area (Å²) in [5.41, 5.74) is 6.73.